The molecule has 2 aromatic rings. The van der Waals surface area contributed by atoms with E-state index in [4.69, 9.17) is 0 Å². The van der Waals surface area contributed by atoms with Crippen LogP contribution in [0.3, 0.4) is 0 Å². The van der Waals surface area contributed by atoms with Gasteiger partial charge >= 0.3 is 6.18 Å². The van der Waals surface area contributed by atoms with Gasteiger partial charge in [-0.1, -0.05) is 12.1 Å². The molecule has 0 spiro atoms. The molecular formula is C15H18F3N3. The lowest BCUT2D eigenvalue weighted by Gasteiger charge is -2.16. The maximum absolute atomic E-state index is 12.5. The van der Waals surface area contributed by atoms with Gasteiger partial charge in [0.25, 0.3) is 0 Å². The number of benzene rings is 1. The average molecular weight is 297 g/mol. The number of hydrogen-bond acceptors (Lipinski definition) is 2. The van der Waals surface area contributed by atoms with Crippen molar-refractivity contribution in [3.63, 3.8) is 0 Å². The quantitative estimate of drug-likeness (QED) is 0.919. The number of aromatic nitrogens is 2. The molecule has 1 N–H and O–H groups in total. The lowest BCUT2D eigenvalue weighted by molar-refractivity contribution is -0.137. The minimum absolute atomic E-state index is 0.128. The highest BCUT2D eigenvalue weighted by molar-refractivity contribution is 5.25. The number of likely N-dealkylation sites (N-methyl/N-ethyl adjacent to an activating group) is 1. The fraction of sp³-hybridized carbons (Fsp3) is 0.400. The number of halogens is 3. The van der Waals surface area contributed by atoms with Crippen LogP contribution in [0.5, 0.6) is 0 Å². The topological polar surface area (TPSA) is 29.9 Å². The summed E-state index contributed by atoms with van der Waals surface area (Å²) in [4.78, 5) is 4.27. The molecule has 1 aromatic carbocycles. The van der Waals surface area contributed by atoms with Gasteiger partial charge < -0.3 is 9.88 Å². The van der Waals surface area contributed by atoms with Crippen molar-refractivity contribution in [2.24, 2.45) is 7.05 Å². The molecule has 0 saturated heterocycles. The SMILES string of the molecule is CNC(Cc1ccc(C(F)(F)F)cc1)Cc1nccn1C. The van der Waals surface area contributed by atoms with Crippen molar-refractivity contribution < 1.29 is 13.2 Å². The number of alkyl halides is 3. The van der Waals surface area contributed by atoms with Crippen LogP contribution in [0.4, 0.5) is 13.2 Å². The van der Waals surface area contributed by atoms with E-state index in [-0.39, 0.29) is 6.04 Å². The van der Waals surface area contributed by atoms with Crippen LogP contribution in [0.25, 0.3) is 0 Å². The summed E-state index contributed by atoms with van der Waals surface area (Å²) in [5.74, 6) is 0.946. The van der Waals surface area contributed by atoms with E-state index in [2.05, 4.69) is 10.3 Å². The van der Waals surface area contributed by atoms with E-state index in [1.54, 1.807) is 6.20 Å². The van der Waals surface area contributed by atoms with Gasteiger partial charge in [-0.15, -0.1) is 0 Å². The van der Waals surface area contributed by atoms with Gasteiger partial charge in [-0.25, -0.2) is 4.98 Å². The zero-order valence-corrected chi connectivity index (χ0v) is 12.0. The first kappa shape index (κ1) is 15.6. The van der Waals surface area contributed by atoms with Gasteiger partial charge in [0.05, 0.1) is 5.56 Å². The number of rotatable bonds is 5. The Kier molecular flexibility index (Phi) is 4.67. The fourth-order valence-electron chi connectivity index (χ4n) is 2.20. The highest BCUT2D eigenvalue weighted by atomic mass is 19.4. The molecular weight excluding hydrogens is 279 g/mol. The van der Waals surface area contributed by atoms with Crippen LogP contribution in [-0.2, 0) is 26.1 Å². The van der Waals surface area contributed by atoms with E-state index in [9.17, 15) is 13.2 Å². The summed E-state index contributed by atoms with van der Waals surface area (Å²) in [6, 6.07) is 5.45. The van der Waals surface area contributed by atoms with Crippen LogP contribution in [-0.4, -0.2) is 22.6 Å². The predicted octanol–water partition coefficient (Wildman–Crippen LogP) is 2.81. The third-order valence-corrected chi connectivity index (χ3v) is 3.52. The van der Waals surface area contributed by atoms with E-state index in [1.165, 1.54) is 12.1 Å². The normalized spacial score (nSPS) is 13.4. The molecule has 0 amide bonds. The maximum atomic E-state index is 12.5. The molecule has 0 aliphatic heterocycles. The van der Waals surface area contributed by atoms with Crippen LogP contribution >= 0.6 is 0 Å². The summed E-state index contributed by atoms with van der Waals surface area (Å²) >= 11 is 0. The summed E-state index contributed by atoms with van der Waals surface area (Å²) in [6.07, 6.45) is 0.705. The molecule has 114 valence electrons. The minimum Gasteiger partial charge on any atom is -0.338 e. The van der Waals surface area contributed by atoms with Gasteiger partial charge in [0, 0.05) is 31.9 Å². The molecule has 0 bridgehead atoms. The van der Waals surface area contributed by atoms with E-state index in [0.717, 1.165) is 29.9 Å². The van der Waals surface area contributed by atoms with Crippen LogP contribution in [0.2, 0.25) is 0 Å². The summed E-state index contributed by atoms with van der Waals surface area (Å²) < 4.78 is 39.5. The second-order valence-corrected chi connectivity index (χ2v) is 5.04. The lowest BCUT2D eigenvalue weighted by Crippen LogP contribution is -2.31. The van der Waals surface area contributed by atoms with Crippen molar-refractivity contribution in [2.75, 3.05) is 7.05 Å². The molecule has 1 unspecified atom stereocenters. The predicted molar refractivity (Wildman–Crippen MR) is 74.9 cm³/mol. The number of aryl methyl sites for hydroxylation is 1. The number of nitrogens with zero attached hydrogens (tertiary/aromatic N) is 2. The Bertz CT molecular complexity index is 573. The molecule has 1 atom stereocenters. The van der Waals surface area contributed by atoms with Crippen molar-refractivity contribution in [1.82, 2.24) is 14.9 Å². The van der Waals surface area contributed by atoms with Crippen LogP contribution in [0.1, 0.15) is 17.0 Å². The van der Waals surface area contributed by atoms with Crippen molar-refractivity contribution in [2.45, 2.75) is 25.1 Å². The Morgan fingerprint density at radius 3 is 2.33 bits per heavy atom. The first-order chi connectivity index (χ1) is 9.90. The van der Waals surface area contributed by atoms with Gasteiger partial charge in [0.2, 0.25) is 0 Å². The Balaban J connectivity index is 2.03. The summed E-state index contributed by atoms with van der Waals surface area (Å²) in [5, 5.41) is 3.19. The zero-order chi connectivity index (χ0) is 15.5. The summed E-state index contributed by atoms with van der Waals surface area (Å²) in [7, 11) is 3.77. The van der Waals surface area contributed by atoms with E-state index in [1.807, 2.05) is 24.9 Å². The molecule has 0 saturated carbocycles. The second kappa shape index (κ2) is 6.30. The van der Waals surface area contributed by atoms with Crippen molar-refractivity contribution in [3.05, 3.63) is 53.6 Å². The van der Waals surface area contributed by atoms with Gasteiger partial charge in [0.1, 0.15) is 5.82 Å². The molecule has 3 nitrogen and oxygen atoms in total. The largest absolute Gasteiger partial charge is 0.416 e. The van der Waals surface area contributed by atoms with Crippen LogP contribution in [0, 0.1) is 0 Å². The molecule has 0 aliphatic carbocycles. The lowest BCUT2D eigenvalue weighted by atomic mass is 10.0. The van der Waals surface area contributed by atoms with E-state index < -0.39 is 11.7 Å². The Labute approximate surface area is 121 Å². The second-order valence-electron chi connectivity index (χ2n) is 5.04. The molecule has 0 radical (unpaired) electrons. The number of nitrogens with one attached hydrogen (secondary N) is 1. The first-order valence-electron chi connectivity index (χ1n) is 6.69. The van der Waals surface area contributed by atoms with Crippen LogP contribution < -0.4 is 5.32 Å². The Morgan fingerprint density at radius 2 is 1.86 bits per heavy atom. The molecule has 1 heterocycles. The highest BCUT2D eigenvalue weighted by Crippen LogP contribution is 2.29. The maximum Gasteiger partial charge on any atom is 0.416 e. The standard InChI is InChI=1S/C15H18F3N3/c1-19-13(10-14-20-7-8-21(14)2)9-11-3-5-12(6-4-11)15(16,17)18/h3-8,13,19H,9-10H2,1-2H3. The number of hydrogen-bond donors (Lipinski definition) is 1. The van der Waals surface area contributed by atoms with Gasteiger partial charge in [-0.3, -0.25) is 0 Å². The Morgan fingerprint density at radius 1 is 1.19 bits per heavy atom. The monoisotopic (exact) mass is 297 g/mol. The summed E-state index contributed by atoms with van der Waals surface area (Å²) in [6.45, 7) is 0. The van der Waals surface area contributed by atoms with Gasteiger partial charge in [-0.05, 0) is 31.2 Å². The molecule has 21 heavy (non-hydrogen) atoms. The first-order valence-corrected chi connectivity index (χ1v) is 6.69. The zero-order valence-electron chi connectivity index (χ0n) is 12.0. The van der Waals surface area contributed by atoms with Crippen molar-refractivity contribution in [3.8, 4) is 0 Å². The van der Waals surface area contributed by atoms with E-state index in [0.29, 0.717) is 6.42 Å². The molecule has 0 fully saturated rings. The summed E-state index contributed by atoms with van der Waals surface area (Å²) in [5.41, 5.74) is 0.257. The van der Waals surface area contributed by atoms with E-state index >= 15 is 0 Å². The minimum atomic E-state index is -4.28. The Hall–Kier alpha value is -1.82. The third kappa shape index (κ3) is 4.07. The number of imidazole rings is 1. The van der Waals surface area contributed by atoms with Gasteiger partial charge in [-0.2, -0.15) is 13.2 Å². The van der Waals surface area contributed by atoms with Crippen LogP contribution in [0.15, 0.2) is 36.7 Å². The smallest absolute Gasteiger partial charge is 0.338 e. The van der Waals surface area contributed by atoms with Crippen molar-refractivity contribution >= 4 is 0 Å². The molecule has 2 rings (SSSR count). The molecule has 0 aliphatic rings. The van der Waals surface area contributed by atoms with Gasteiger partial charge in [0.15, 0.2) is 0 Å². The fourth-order valence-corrected chi connectivity index (χ4v) is 2.20. The average Bonchev–Trinajstić information content (AvgIpc) is 2.83. The van der Waals surface area contributed by atoms with Crippen molar-refractivity contribution in [1.29, 1.82) is 0 Å². The molecule has 1 aromatic heterocycles. The third-order valence-electron chi connectivity index (χ3n) is 3.52. The molecule has 6 heteroatoms. The highest BCUT2D eigenvalue weighted by Gasteiger charge is 2.29.